The summed E-state index contributed by atoms with van der Waals surface area (Å²) in [5, 5.41) is 3.33. The Bertz CT molecular complexity index is 282. The molecule has 1 fully saturated rings. The van der Waals surface area contributed by atoms with Gasteiger partial charge in [-0.1, -0.05) is 0 Å². The van der Waals surface area contributed by atoms with E-state index in [9.17, 15) is 0 Å². The first-order chi connectivity index (χ1) is 6.29. The minimum absolute atomic E-state index is 0.306. The maximum Gasteiger partial charge on any atom is 0.125 e. The Morgan fingerprint density at radius 2 is 2.54 bits per heavy atom. The average Bonchev–Trinajstić information content (AvgIpc) is 2.52. The number of hydrogen-bond donors (Lipinski definition) is 3. The second-order valence-electron chi connectivity index (χ2n) is 3.40. The van der Waals surface area contributed by atoms with Gasteiger partial charge in [0.05, 0.1) is 12.4 Å². The van der Waals surface area contributed by atoms with Crippen molar-refractivity contribution in [3.05, 3.63) is 12.0 Å². The van der Waals surface area contributed by atoms with Gasteiger partial charge in [0, 0.05) is 19.6 Å². The molecule has 0 aliphatic carbocycles. The van der Waals surface area contributed by atoms with Crippen molar-refractivity contribution in [2.45, 2.75) is 6.04 Å². The molecule has 13 heavy (non-hydrogen) atoms. The fourth-order valence-electron chi connectivity index (χ4n) is 1.69. The molecule has 72 valence electrons. The molecule has 0 spiro atoms. The lowest BCUT2D eigenvalue weighted by atomic mass is 10.1. The largest absolute Gasteiger partial charge is 0.384 e. The van der Waals surface area contributed by atoms with Gasteiger partial charge in [0.15, 0.2) is 0 Å². The number of hydrogen-bond acceptors (Lipinski definition) is 4. The van der Waals surface area contributed by atoms with Gasteiger partial charge in [-0.2, -0.15) is 0 Å². The molecule has 5 heteroatoms. The summed E-state index contributed by atoms with van der Waals surface area (Å²) in [5.41, 5.74) is 6.71. The molecule has 1 aromatic heterocycles. The van der Waals surface area contributed by atoms with Crippen molar-refractivity contribution in [3.8, 4) is 0 Å². The smallest absolute Gasteiger partial charge is 0.125 e. The van der Waals surface area contributed by atoms with E-state index in [-0.39, 0.29) is 0 Å². The SMILES string of the molecule is CN1CCNCC1c1nc[nH]c1N. The summed E-state index contributed by atoms with van der Waals surface area (Å²) in [7, 11) is 2.10. The van der Waals surface area contributed by atoms with Crippen molar-refractivity contribution in [2.24, 2.45) is 0 Å². The summed E-state index contributed by atoms with van der Waals surface area (Å²) in [5.74, 6) is 0.681. The molecule has 0 radical (unpaired) electrons. The number of anilines is 1. The van der Waals surface area contributed by atoms with Gasteiger partial charge in [0.25, 0.3) is 0 Å². The van der Waals surface area contributed by atoms with E-state index in [0.29, 0.717) is 11.9 Å². The monoisotopic (exact) mass is 181 g/mol. The van der Waals surface area contributed by atoms with Gasteiger partial charge in [-0.15, -0.1) is 0 Å². The van der Waals surface area contributed by atoms with Crippen molar-refractivity contribution in [1.29, 1.82) is 0 Å². The summed E-state index contributed by atoms with van der Waals surface area (Å²) in [4.78, 5) is 9.39. The Balaban J connectivity index is 2.19. The maximum atomic E-state index is 5.76. The fourth-order valence-corrected chi connectivity index (χ4v) is 1.69. The number of imidazole rings is 1. The number of rotatable bonds is 1. The van der Waals surface area contributed by atoms with Crippen LogP contribution in [0.2, 0.25) is 0 Å². The van der Waals surface area contributed by atoms with E-state index in [2.05, 4.69) is 27.2 Å². The molecule has 1 unspecified atom stereocenters. The first-order valence-corrected chi connectivity index (χ1v) is 4.48. The Hall–Kier alpha value is -1.07. The van der Waals surface area contributed by atoms with E-state index in [1.165, 1.54) is 0 Å². The van der Waals surface area contributed by atoms with E-state index >= 15 is 0 Å². The normalized spacial score (nSPS) is 24.8. The zero-order chi connectivity index (χ0) is 9.26. The predicted octanol–water partition coefficient (Wildman–Crippen LogP) is -0.432. The fraction of sp³-hybridized carbons (Fsp3) is 0.625. The topological polar surface area (TPSA) is 70.0 Å². The highest BCUT2D eigenvalue weighted by molar-refractivity contribution is 5.36. The van der Waals surface area contributed by atoms with Crippen molar-refractivity contribution in [2.75, 3.05) is 32.4 Å². The lowest BCUT2D eigenvalue weighted by Crippen LogP contribution is -2.44. The lowest BCUT2D eigenvalue weighted by Gasteiger charge is -2.32. The van der Waals surface area contributed by atoms with E-state index in [1.807, 2.05) is 0 Å². The number of nitrogens with zero attached hydrogens (tertiary/aromatic N) is 2. The molecule has 1 aliphatic rings. The van der Waals surface area contributed by atoms with Crippen LogP contribution < -0.4 is 11.1 Å². The van der Waals surface area contributed by atoms with Crippen LogP contribution in [-0.4, -0.2) is 41.5 Å². The standard InChI is InChI=1S/C8H15N5/c1-13-3-2-10-4-6(13)7-8(9)12-5-11-7/h5-6,10H,2-4,9H2,1H3,(H,11,12). The number of piperazine rings is 1. The molecule has 0 amide bonds. The molecule has 2 heterocycles. The zero-order valence-corrected chi connectivity index (χ0v) is 7.75. The number of nitrogen functional groups attached to an aromatic ring is 1. The van der Waals surface area contributed by atoms with Crippen molar-refractivity contribution in [3.63, 3.8) is 0 Å². The minimum Gasteiger partial charge on any atom is -0.384 e. The van der Waals surface area contributed by atoms with Gasteiger partial charge in [-0.25, -0.2) is 4.98 Å². The first-order valence-electron chi connectivity index (χ1n) is 4.48. The third-order valence-corrected chi connectivity index (χ3v) is 2.53. The van der Waals surface area contributed by atoms with Crippen LogP contribution in [0.25, 0.3) is 0 Å². The summed E-state index contributed by atoms with van der Waals surface area (Å²) < 4.78 is 0. The number of likely N-dealkylation sites (N-methyl/N-ethyl adjacent to an activating group) is 1. The summed E-state index contributed by atoms with van der Waals surface area (Å²) in [6.45, 7) is 3.00. The van der Waals surface area contributed by atoms with Crippen LogP contribution in [0.5, 0.6) is 0 Å². The number of nitrogens with one attached hydrogen (secondary N) is 2. The highest BCUT2D eigenvalue weighted by Crippen LogP contribution is 2.22. The second-order valence-corrected chi connectivity index (χ2v) is 3.40. The van der Waals surface area contributed by atoms with E-state index in [0.717, 1.165) is 25.3 Å². The molecule has 2 rings (SSSR count). The van der Waals surface area contributed by atoms with Gasteiger partial charge < -0.3 is 16.0 Å². The van der Waals surface area contributed by atoms with Gasteiger partial charge in [0.2, 0.25) is 0 Å². The van der Waals surface area contributed by atoms with Crippen molar-refractivity contribution in [1.82, 2.24) is 20.2 Å². The van der Waals surface area contributed by atoms with Gasteiger partial charge >= 0.3 is 0 Å². The lowest BCUT2D eigenvalue weighted by molar-refractivity contribution is 0.199. The predicted molar refractivity (Wildman–Crippen MR) is 51.2 cm³/mol. The third-order valence-electron chi connectivity index (χ3n) is 2.53. The van der Waals surface area contributed by atoms with E-state index in [1.54, 1.807) is 6.33 Å². The number of aromatic nitrogens is 2. The van der Waals surface area contributed by atoms with Crippen LogP contribution in [0, 0.1) is 0 Å². The number of H-pyrrole nitrogens is 1. The van der Waals surface area contributed by atoms with Crippen molar-refractivity contribution < 1.29 is 0 Å². The Kier molecular flexibility index (Phi) is 2.20. The van der Waals surface area contributed by atoms with Crippen molar-refractivity contribution >= 4 is 5.82 Å². The summed E-state index contributed by atoms with van der Waals surface area (Å²) >= 11 is 0. The molecule has 1 aromatic rings. The van der Waals surface area contributed by atoms with Crippen LogP contribution in [0.1, 0.15) is 11.7 Å². The van der Waals surface area contributed by atoms with Crippen LogP contribution in [0.15, 0.2) is 6.33 Å². The molecule has 0 saturated carbocycles. The first kappa shape index (κ1) is 8.52. The molecule has 0 bridgehead atoms. The van der Waals surface area contributed by atoms with Crippen LogP contribution >= 0.6 is 0 Å². The van der Waals surface area contributed by atoms with Crippen LogP contribution in [0.3, 0.4) is 0 Å². The quantitative estimate of drug-likeness (QED) is 0.550. The average molecular weight is 181 g/mol. The van der Waals surface area contributed by atoms with Crippen LogP contribution in [-0.2, 0) is 0 Å². The molecule has 1 aliphatic heterocycles. The number of aromatic amines is 1. The Morgan fingerprint density at radius 1 is 1.69 bits per heavy atom. The molecular weight excluding hydrogens is 166 g/mol. The maximum absolute atomic E-state index is 5.76. The Morgan fingerprint density at radius 3 is 3.15 bits per heavy atom. The highest BCUT2D eigenvalue weighted by Gasteiger charge is 2.23. The highest BCUT2D eigenvalue weighted by atomic mass is 15.2. The molecule has 0 aromatic carbocycles. The summed E-state index contributed by atoms with van der Waals surface area (Å²) in [6, 6.07) is 0.306. The zero-order valence-electron chi connectivity index (χ0n) is 7.75. The molecule has 4 N–H and O–H groups in total. The minimum atomic E-state index is 0.306. The van der Waals surface area contributed by atoms with E-state index < -0.39 is 0 Å². The molecule has 5 nitrogen and oxygen atoms in total. The van der Waals surface area contributed by atoms with Crippen LogP contribution in [0.4, 0.5) is 5.82 Å². The second kappa shape index (κ2) is 3.35. The third kappa shape index (κ3) is 1.52. The molecule has 1 atom stereocenters. The van der Waals surface area contributed by atoms with Gasteiger partial charge in [0.1, 0.15) is 11.5 Å². The van der Waals surface area contributed by atoms with E-state index in [4.69, 9.17) is 5.73 Å². The Labute approximate surface area is 77.3 Å². The molecule has 1 saturated heterocycles. The molecular formula is C8H15N5. The summed E-state index contributed by atoms with van der Waals surface area (Å²) in [6.07, 6.45) is 1.65. The number of nitrogens with two attached hydrogens (primary N) is 1. The van der Waals surface area contributed by atoms with Gasteiger partial charge in [-0.3, -0.25) is 4.90 Å². The van der Waals surface area contributed by atoms with Gasteiger partial charge in [-0.05, 0) is 7.05 Å².